The van der Waals surface area contributed by atoms with Crippen molar-refractivity contribution in [1.29, 1.82) is 0 Å². The molecule has 0 aromatic heterocycles. The van der Waals surface area contributed by atoms with Gasteiger partial charge in [0.15, 0.2) is 11.5 Å². The largest absolute Gasteiger partial charge is 0.493 e. The maximum Gasteiger partial charge on any atom is 0.227 e. The number of carbonyl (C=O) groups excluding carboxylic acids is 1. The molecule has 0 atom stereocenters. The quantitative estimate of drug-likeness (QED) is 0.768. The lowest BCUT2D eigenvalue weighted by Gasteiger charge is -2.30. The van der Waals surface area contributed by atoms with Crippen LogP contribution in [0.5, 0.6) is 11.5 Å². The van der Waals surface area contributed by atoms with Gasteiger partial charge in [-0.2, -0.15) is 0 Å². The Bertz CT molecular complexity index is 763. The first-order chi connectivity index (χ1) is 12.6. The van der Waals surface area contributed by atoms with Crippen LogP contribution in [0.15, 0.2) is 18.2 Å². The van der Waals surface area contributed by atoms with E-state index >= 15 is 0 Å². The Labute approximate surface area is 161 Å². The van der Waals surface area contributed by atoms with Gasteiger partial charge in [-0.1, -0.05) is 0 Å². The zero-order valence-electron chi connectivity index (χ0n) is 16.7. The molecule has 0 heterocycles. The minimum atomic E-state index is -3.37. The number of carbonyl (C=O) groups is 1. The molecule has 1 fully saturated rings. The molecule has 1 aliphatic carbocycles. The number of benzene rings is 1. The Kier molecular flexibility index (Phi) is 6.75. The third kappa shape index (κ3) is 5.35. The van der Waals surface area contributed by atoms with Crippen LogP contribution in [0.2, 0.25) is 0 Å². The van der Waals surface area contributed by atoms with Crippen molar-refractivity contribution >= 4 is 21.6 Å². The molecule has 0 radical (unpaired) electrons. The van der Waals surface area contributed by atoms with Crippen molar-refractivity contribution in [2.75, 3.05) is 19.5 Å². The number of amides is 1. The summed E-state index contributed by atoms with van der Waals surface area (Å²) in [6.45, 7) is 5.03. The standard InChI is InChI=1S/C19H30N2O5S/c1-19(2,3)27(23,24)21-14-8-6-13(7-9-14)18(22)20-15-10-11-16(25-4)17(12-15)26-5/h10-14,21H,6-9H2,1-5H3,(H,20,22). The second-order valence-corrected chi connectivity index (χ2v) is 10.3. The Morgan fingerprint density at radius 2 is 1.63 bits per heavy atom. The first kappa shape index (κ1) is 21.5. The van der Waals surface area contributed by atoms with Crippen molar-refractivity contribution in [1.82, 2.24) is 4.72 Å². The van der Waals surface area contributed by atoms with Gasteiger partial charge in [0.25, 0.3) is 0 Å². The van der Waals surface area contributed by atoms with Gasteiger partial charge in [0, 0.05) is 23.7 Å². The number of methoxy groups -OCH3 is 2. The minimum Gasteiger partial charge on any atom is -0.493 e. The summed E-state index contributed by atoms with van der Waals surface area (Å²) in [7, 11) is -0.271. The Balaban J connectivity index is 1.92. The molecule has 1 saturated carbocycles. The lowest BCUT2D eigenvalue weighted by Crippen LogP contribution is -2.46. The zero-order chi connectivity index (χ0) is 20.2. The summed E-state index contributed by atoms with van der Waals surface area (Å²) < 4.78 is 36.9. The SMILES string of the molecule is COc1ccc(NC(=O)C2CCC(NS(=O)(=O)C(C)(C)C)CC2)cc1OC. The van der Waals surface area contributed by atoms with Crippen LogP contribution in [-0.2, 0) is 14.8 Å². The first-order valence-electron chi connectivity index (χ1n) is 9.12. The van der Waals surface area contributed by atoms with E-state index in [0.717, 1.165) is 0 Å². The van der Waals surface area contributed by atoms with Crippen LogP contribution >= 0.6 is 0 Å². The Hall–Kier alpha value is -1.80. The van der Waals surface area contributed by atoms with Gasteiger partial charge in [0.05, 0.1) is 19.0 Å². The van der Waals surface area contributed by atoms with Crippen molar-refractivity contribution < 1.29 is 22.7 Å². The smallest absolute Gasteiger partial charge is 0.227 e. The molecule has 0 spiro atoms. The van der Waals surface area contributed by atoms with E-state index in [1.54, 1.807) is 53.2 Å². The van der Waals surface area contributed by atoms with Crippen LogP contribution in [0.3, 0.4) is 0 Å². The van der Waals surface area contributed by atoms with Crippen LogP contribution in [-0.4, -0.2) is 39.3 Å². The van der Waals surface area contributed by atoms with Gasteiger partial charge in [-0.05, 0) is 58.6 Å². The summed E-state index contributed by atoms with van der Waals surface area (Å²) in [5, 5.41) is 2.91. The molecular formula is C19H30N2O5S. The molecular weight excluding hydrogens is 368 g/mol. The molecule has 27 heavy (non-hydrogen) atoms. The van der Waals surface area contributed by atoms with Gasteiger partial charge in [0.2, 0.25) is 15.9 Å². The van der Waals surface area contributed by atoms with E-state index in [4.69, 9.17) is 9.47 Å². The highest BCUT2D eigenvalue weighted by Gasteiger charge is 2.34. The van der Waals surface area contributed by atoms with Crippen LogP contribution < -0.4 is 19.5 Å². The molecule has 7 nitrogen and oxygen atoms in total. The van der Waals surface area contributed by atoms with E-state index in [0.29, 0.717) is 42.9 Å². The van der Waals surface area contributed by atoms with Gasteiger partial charge in [-0.3, -0.25) is 4.79 Å². The fourth-order valence-electron chi connectivity index (χ4n) is 3.03. The minimum absolute atomic E-state index is 0.0562. The fourth-order valence-corrected chi connectivity index (χ4v) is 4.06. The average Bonchev–Trinajstić information content (AvgIpc) is 2.60. The van der Waals surface area contributed by atoms with Crippen molar-refractivity contribution in [2.45, 2.75) is 57.2 Å². The van der Waals surface area contributed by atoms with Gasteiger partial charge >= 0.3 is 0 Å². The molecule has 0 unspecified atom stereocenters. The highest BCUT2D eigenvalue weighted by molar-refractivity contribution is 7.90. The molecule has 2 rings (SSSR count). The number of hydrogen-bond acceptors (Lipinski definition) is 5. The van der Waals surface area contributed by atoms with E-state index in [9.17, 15) is 13.2 Å². The number of sulfonamides is 1. The highest BCUT2D eigenvalue weighted by Crippen LogP contribution is 2.31. The summed E-state index contributed by atoms with van der Waals surface area (Å²) in [4.78, 5) is 12.6. The van der Waals surface area contributed by atoms with Gasteiger partial charge in [-0.25, -0.2) is 13.1 Å². The monoisotopic (exact) mass is 398 g/mol. The summed E-state index contributed by atoms with van der Waals surface area (Å²) in [6.07, 6.45) is 2.60. The van der Waals surface area contributed by atoms with Crippen molar-refractivity contribution in [2.24, 2.45) is 5.92 Å². The van der Waals surface area contributed by atoms with E-state index < -0.39 is 14.8 Å². The maximum absolute atomic E-state index is 12.6. The van der Waals surface area contributed by atoms with Crippen molar-refractivity contribution in [3.63, 3.8) is 0 Å². The molecule has 0 aliphatic heterocycles. The summed E-state index contributed by atoms with van der Waals surface area (Å²) in [5.74, 6) is 0.963. The molecule has 1 aromatic rings. The van der Waals surface area contributed by atoms with Crippen molar-refractivity contribution in [3.8, 4) is 11.5 Å². The second kappa shape index (κ2) is 8.48. The first-order valence-corrected chi connectivity index (χ1v) is 10.6. The third-order valence-corrected chi connectivity index (χ3v) is 7.13. The molecule has 0 saturated heterocycles. The second-order valence-electron chi connectivity index (χ2n) is 7.84. The predicted octanol–water partition coefficient (Wildman–Crippen LogP) is 2.92. The van der Waals surface area contributed by atoms with Gasteiger partial charge in [-0.15, -0.1) is 0 Å². The zero-order valence-corrected chi connectivity index (χ0v) is 17.5. The number of nitrogens with one attached hydrogen (secondary N) is 2. The number of anilines is 1. The Morgan fingerprint density at radius 1 is 1.04 bits per heavy atom. The normalized spacial score (nSPS) is 20.8. The molecule has 152 valence electrons. The molecule has 8 heteroatoms. The van der Waals surface area contributed by atoms with Crippen LogP contribution in [0.4, 0.5) is 5.69 Å². The summed E-state index contributed by atoms with van der Waals surface area (Å²) in [5.41, 5.74) is 0.646. The molecule has 1 aromatic carbocycles. The van der Waals surface area contributed by atoms with Crippen LogP contribution in [0.25, 0.3) is 0 Å². The molecule has 1 aliphatic rings. The van der Waals surface area contributed by atoms with E-state index in [1.165, 1.54) is 0 Å². The number of rotatable bonds is 6. The lowest BCUT2D eigenvalue weighted by atomic mass is 9.86. The number of hydrogen-bond donors (Lipinski definition) is 2. The molecule has 2 N–H and O–H groups in total. The predicted molar refractivity (Wildman–Crippen MR) is 106 cm³/mol. The van der Waals surface area contributed by atoms with Gasteiger partial charge < -0.3 is 14.8 Å². The topological polar surface area (TPSA) is 93.7 Å². The highest BCUT2D eigenvalue weighted by atomic mass is 32.2. The third-order valence-electron chi connectivity index (χ3n) is 4.88. The van der Waals surface area contributed by atoms with Gasteiger partial charge in [0.1, 0.15) is 0 Å². The summed E-state index contributed by atoms with van der Waals surface area (Å²) in [6, 6.07) is 5.12. The molecule has 1 amide bonds. The lowest BCUT2D eigenvalue weighted by molar-refractivity contribution is -0.120. The summed E-state index contributed by atoms with van der Waals surface area (Å²) >= 11 is 0. The average molecular weight is 399 g/mol. The Morgan fingerprint density at radius 3 is 2.15 bits per heavy atom. The van der Waals surface area contributed by atoms with Crippen LogP contribution in [0, 0.1) is 5.92 Å². The van der Waals surface area contributed by atoms with E-state index in [2.05, 4.69) is 10.0 Å². The van der Waals surface area contributed by atoms with E-state index in [-0.39, 0.29) is 17.9 Å². The number of ether oxygens (including phenoxy) is 2. The van der Waals surface area contributed by atoms with E-state index in [1.807, 2.05) is 0 Å². The molecule has 0 bridgehead atoms. The fraction of sp³-hybridized carbons (Fsp3) is 0.632. The van der Waals surface area contributed by atoms with Crippen molar-refractivity contribution in [3.05, 3.63) is 18.2 Å². The van der Waals surface area contributed by atoms with Crippen LogP contribution in [0.1, 0.15) is 46.5 Å². The maximum atomic E-state index is 12.6.